The average molecular weight is 588 g/mol. The third-order valence-corrected chi connectivity index (χ3v) is 9.82. The van der Waals surface area contributed by atoms with E-state index in [9.17, 15) is 19.2 Å². The van der Waals surface area contributed by atoms with E-state index in [1.807, 2.05) is 30.3 Å². The normalized spacial score (nSPS) is 19.5. The van der Waals surface area contributed by atoms with Crippen LogP contribution in [0.2, 0.25) is 0 Å². The van der Waals surface area contributed by atoms with E-state index in [-0.39, 0.29) is 29.1 Å². The number of ether oxygens (including phenoxy) is 2. The molecule has 11 heteroatoms. The number of hydrogen-bond donors (Lipinski definition) is 1. The Labute approximate surface area is 243 Å². The molecule has 1 saturated heterocycles. The molecule has 41 heavy (non-hydrogen) atoms. The van der Waals surface area contributed by atoms with Gasteiger partial charge in [-0.3, -0.25) is 23.7 Å². The summed E-state index contributed by atoms with van der Waals surface area (Å²) in [6, 6.07) is 23.1. The fourth-order valence-electron chi connectivity index (χ4n) is 5.28. The zero-order chi connectivity index (χ0) is 28.7. The Hall–Kier alpha value is -4.35. The maximum absolute atomic E-state index is 13.9. The second-order valence-corrected chi connectivity index (χ2v) is 11.7. The lowest BCUT2D eigenvalue weighted by Gasteiger charge is -2.30. The molecule has 1 aromatic heterocycles. The molecule has 3 unspecified atom stereocenters. The summed E-state index contributed by atoms with van der Waals surface area (Å²) in [6.45, 7) is -0.229. The molecule has 3 amide bonds. The third kappa shape index (κ3) is 4.81. The molecule has 9 nitrogen and oxygen atoms in total. The van der Waals surface area contributed by atoms with Crippen molar-refractivity contribution < 1.29 is 23.9 Å². The minimum atomic E-state index is -0.757. The smallest absolute Gasteiger partial charge is 0.308 e. The summed E-state index contributed by atoms with van der Waals surface area (Å²) in [5.41, 5.74) is 1.86. The van der Waals surface area contributed by atoms with Crippen molar-refractivity contribution in [3.05, 3.63) is 99.0 Å². The predicted molar refractivity (Wildman–Crippen MR) is 157 cm³/mol. The zero-order valence-electron chi connectivity index (χ0n) is 22.1. The number of methoxy groups -OCH3 is 2. The van der Waals surface area contributed by atoms with Gasteiger partial charge in [0.25, 0.3) is 0 Å². The van der Waals surface area contributed by atoms with E-state index >= 15 is 0 Å². The van der Waals surface area contributed by atoms with Crippen molar-refractivity contribution in [3.8, 4) is 11.5 Å². The molecule has 3 atom stereocenters. The molecule has 208 valence electrons. The largest absolute Gasteiger partial charge is 0.497 e. The Morgan fingerprint density at radius 3 is 2.12 bits per heavy atom. The number of amides is 3. The molecule has 0 bridgehead atoms. The number of anilines is 2. The van der Waals surface area contributed by atoms with Crippen molar-refractivity contribution in [2.45, 2.75) is 22.7 Å². The molecule has 0 spiro atoms. The fraction of sp³-hybridized carbons (Fsp3) is 0.200. The summed E-state index contributed by atoms with van der Waals surface area (Å²) in [5.74, 6) is -1.00. The van der Waals surface area contributed by atoms with Gasteiger partial charge in [-0.2, -0.15) is 0 Å². The van der Waals surface area contributed by atoms with Gasteiger partial charge in [0, 0.05) is 16.5 Å². The Morgan fingerprint density at radius 1 is 0.854 bits per heavy atom. The number of nitrogens with zero attached hydrogens (tertiary/aromatic N) is 2. The first-order chi connectivity index (χ1) is 19.9. The summed E-state index contributed by atoms with van der Waals surface area (Å²) >= 11 is 2.20. The van der Waals surface area contributed by atoms with Gasteiger partial charge in [-0.25, -0.2) is 4.90 Å². The predicted octanol–water partition coefficient (Wildman–Crippen LogP) is 4.36. The highest BCUT2D eigenvalue weighted by molar-refractivity contribution is 8.00. The minimum absolute atomic E-state index is 0.229. The van der Waals surface area contributed by atoms with E-state index in [1.165, 1.54) is 21.2 Å². The lowest BCUT2D eigenvalue weighted by molar-refractivity contribution is -0.122. The summed E-state index contributed by atoms with van der Waals surface area (Å²) in [7, 11) is 3.11. The summed E-state index contributed by atoms with van der Waals surface area (Å²) in [5, 5.41) is 2.59. The van der Waals surface area contributed by atoms with E-state index in [1.54, 1.807) is 62.8 Å². The van der Waals surface area contributed by atoms with Crippen LogP contribution in [0.3, 0.4) is 0 Å². The molecule has 6 rings (SSSR count). The molecule has 2 aliphatic rings. The Balaban J connectivity index is 1.36. The van der Waals surface area contributed by atoms with Gasteiger partial charge < -0.3 is 14.8 Å². The molecule has 0 aliphatic carbocycles. The van der Waals surface area contributed by atoms with E-state index in [0.717, 1.165) is 16.9 Å². The van der Waals surface area contributed by atoms with Crippen molar-refractivity contribution >= 4 is 52.2 Å². The lowest BCUT2D eigenvalue weighted by atomic mass is 9.83. The monoisotopic (exact) mass is 587 g/mol. The van der Waals surface area contributed by atoms with E-state index in [4.69, 9.17) is 9.47 Å². The van der Waals surface area contributed by atoms with Crippen LogP contribution in [-0.2, 0) is 20.9 Å². The quantitative estimate of drug-likeness (QED) is 0.320. The number of thiazole rings is 1. The fourth-order valence-corrected chi connectivity index (χ4v) is 8.05. The van der Waals surface area contributed by atoms with Crippen LogP contribution in [0.5, 0.6) is 11.5 Å². The number of rotatable bonds is 7. The van der Waals surface area contributed by atoms with Gasteiger partial charge in [0.1, 0.15) is 23.3 Å². The first-order valence-corrected chi connectivity index (χ1v) is 14.5. The van der Waals surface area contributed by atoms with Gasteiger partial charge in [-0.15, -0.1) is 0 Å². The number of aromatic nitrogens is 1. The molecule has 0 saturated carbocycles. The maximum atomic E-state index is 13.9. The van der Waals surface area contributed by atoms with Crippen molar-refractivity contribution in [3.63, 3.8) is 0 Å². The average Bonchev–Trinajstić information content (AvgIpc) is 3.44. The molecule has 0 radical (unpaired) electrons. The number of benzene rings is 3. The number of hydrogen-bond acceptors (Lipinski definition) is 8. The van der Waals surface area contributed by atoms with Crippen LogP contribution in [0.25, 0.3) is 0 Å². The van der Waals surface area contributed by atoms with Gasteiger partial charge in [0.15, 0.2) is 0 Å². The standard InChI is InChI=1S/C30H25N3O6S2/c1-38-20-12-8-18(9-13-20)31-22(34)16-32-29-26(41-30(32)37)23(17-6-4-3-5-7-17)24-25(40-29)28(36)33(27(24)35)19-10-14-21(39-2)15-11-19/h3-15,23-25H,16H2,1-2H3,(H,31,34). The molecule has 3 aromatic carbocycles. The number of nitrogens with one attached hydrogen (secondary N) is 1. The molecule has 2 aliphatic heterocycles. The van der Waals surface area contributed by atoms with Crippen molar-refractivity contribution in [1.29, 1.82) is 0 Å². The second-order valence-electron chi connectivity index (χ2n) is 9.56. The van der Waals surface area contributed by atoms with Gasteiger partial charge in [-0.05, 0) is 54.1 Å². The van der Waals surface area contributed by atoms with Crippen molar-refractivity contribution in [2.75, 3.05) is 24.4 Å². The number of carbonyl (C=O) groups is 3. The van der Waals surface area contributed by atoms with Crippen LogP contribution in [0, 0.1) is 5.92 Å². The zero-order valence-corrected chi connectivity index (χ0v) is 23.7. The molecule has 3 heterocycles. The highest BCUT2D eigenvalue weighted by Crippen LogP contribution is 2.53. The Morgan fingerprint density at radius 2 is 1.49 bits per heavy atom. The van der Waals surface area contributed by atoms with Crippen molar-refractivity contribution in [1.82, 2.24) is 4.57 Å². The first kappa shape index (κ1) is 26.9. The van der Waals surface area contributed by atoms with Crippen molar-refractivity contribution in [2.24, 2.45) is 5.92 Å². The van der Waals surface area contributed by atoms with Crippen LogP contribution in [0.1, 0.15) is 16.4 Å². The van der Waals surface area contributed by atoms with E-state index < -0.39 is 17.1 Å². The Bertz CT molecular complexity index is 1680. The number of fused-ring (bicyclic) bond motifs is 2. The number of imide groups is 1. The highest BCUT2D eigenvalue weighted by Gasteiger charge is 2.56. The van der Waals surface area contributed by atoms with Gasteiger partial charge in [-0.1, -0.05) is 53.4 Å². The van der Waals surface area contributed by atoms with Gasteiger partial charge in [0.2, 0.25) is 17.7 Å². The third-order valence-electron chi connectivity index (χ3n) is 7.21. The molecular weight excluding hydrogens is 562 g/mol. The number of thioether (sulfide) groups is 1. The van der Waals surface area contributed by atoms with Crippen LogP contribution in [0.4, 0.5) is 11.4 Å². The van der Waals surface area contributed by atoms with Crippen LogP contribution in [0.15, 0.2) is 88.7 Å². The molecule has 1 fully saturated rings. The highest BCUT2D eigenvalue weighted by atomic mass is 32.2. The maximum Gasteiger partial charge on any atom is 0.308 e. The minimum Gasteiger partial charge on any atom is -0.497 e. The second kappa shape index (κ2) is 10.9. The summed E-state index contributed by atoms with van der Waals surface area (Å²) in [6.07, 6.45) is 0. The summed E-state index contributed by atoms with van der Waals surface area (Å²) in [4.78, 5) is 55.6. The summed E-state index contributed by atoms with van der Waals surface area (Å²) < 4.78 is 11.8. The van der Waals surface area contributed by atoms with Crippen LogP contribution >= 0.6 is 23.1 Å². The Kier molecular flexibility index (Phi) is 7.14. The van der Waals surface area contributed by atoms with E-state index in [2.05, 4.69) is 5.32 Å². The molecule has 4 aromatic rings. The molecular formula is C30H25N3O6S2. The SMILES string of the molecule is COc1ccc(NC(=O)Cn2c3c(sc2=O)C(c2ccccc2)C2C(=O)N(c4ccc(OC)cc4)C(=O)C2S3)cc1. The molecule has 1 N–H and O–H groups in total. The first-order valence-electron chi connectivity index (χ1n) is 12.8. The van der Waals surface area contributed by atoms with Gasteiger partial charge >= 0.3 is 4.87 Å². The lowest BCUT2D eigenvalue weighted by Crippen LogP contribution is -2.33. The van der Waals surface area contributed by atoms with Gasteiger partial charge in [0.05, 0.1) is 30.9 Å². The van der Waals surface area contributed by atoms with Crippen LogP contribution < -0.4 is 24.6 Å². The van der Waals surface area contributed by atoms with E-state index in [0.29, 0.717) is 32.8 Å². The topological polar surface area (TPSA) is 107 Å². The van der Waals surface area contributed by atoms with Crippen LogP contribution in [-0.4, -0.2) is 41.8 Å². The number of carbonyl (C=O) groups excluding carboxylic acids is 3.